The standard InChI is InChI=1S/C22H18N6O2S/c1-13-21(31-27-24-13)20-16(22(29)26-25-20)10-15-11-28(2)17-4-3-5-18(19(15)17)30-12-14-6-8-23-9-7-14/h3-11H,12H2,1-2H3,(H,26,29)/b16-10-. The van der Waals surface area contributed by atoms with Crippen LogP contribution in [0.1, 0.15) is 21.7 Å². The van der Waals surface area contributed by atoms with Crippen molar-refractivity contribution in [3.63, 3.8) is 0 Å². The molecule has 31 heavy (non-hydrogen) atoms. The smallest absolute Gasteiger partial charge is 0.273 e. The van der Waals surface area contributed by atoms with E-state index < -0.39 is 0 Å². The summed E-state index contributed by atoms with van der Waals surface area (Å²) in [7, 11) is 1.97. The second-order valence-electron chi connectivity index (χ2n) is 7.14. The van der Waals surface area contributed by atoms with Crippen LogP contribution in [0.15, 0.2) is 59.6 Å². The fourth-order valence-corrected chi connectivity index (χ4v) is 4.22. The Bertz CT molecular complexity index is 1350. The third kappa shape index (κ3) is 3.49. The molecule has 0 unspecified atom stereocenters. The molecule has 0 saturated carbocycles. The van der Waals surface area contributed by atoms with Gasteiger partial charge < -0.3 is 9.30 Å². The van der Waals surface area contributed by atoms with E-state index in [1.54, 1.807) is 12.4 Å². The lowest BCUT2D eigenvalue weighted by molar-refractivity contribution is -0.116. The van der Waals surface area contributed by atoms with Crippen LogP contribution in [0.4, 0.5) is 0 Å². The van der Waals surface area contributed by atoms with E-state index >= 15 is 0 Å². The summed E-state index contributed by atoms with van der Waals surface area (Å²) >= 11 is 1.22. The van der Waals surface area contributed by atoms with Gasteiger partial charge in [-0.3, -0.25) is 9.78 Å². The number of fused-ring (bicyclic) bond motifs is 1. The van der Waals surface area contributed by atoms with Gasteiger partial charge in [-0.05, 0) is 54.4 Å². The van der Waals surface area contributed by atoms with Gasteiger partial charge in [0, 0.05) is 36.6 Å². The highest BCUT2D eigenvalue weighted by Crippen LogP contribution is 2.33. The molecule has 0 aliphatic carbocycles. The number of aryl methyl sites for hydroxylation is 2. The number of carbonyl (C=O) groups excluding carboxylic acids is 1. The predicted octanol–water partition coefficient (Wildman–Crippen LogP) is 3.23. The van der Waals surface area contributed by atoms with Crippen LogP contribution >= 0.6 is 11.5 Å². The fourth-order valence-electron chi connectivity index (χ4n) is 3.56. The molecular weight excluding hydrogens is 412 g/mol. The maximum atomic E-state index is 12.6. The van der Waals surface area contributed by atoms with Gasteiger partial charge in [-0.1, -0.05) is 10.6 Å². The van der Waals surface area contributed by atoms with Crippen molar-refractivity contribution < 1.29 is 9.53 Å². The van der Waals surface area contributed by atoms with Crippen LogP contribution in [0.3, 0.4) is 0 Å². The lowest BCUT2D eigenvalue weighted by atomic mass is 10.0. The van der Waals surface area contributed by atoms with Crippen LogP contribution in [-0.4, -0.2) is 30.8 Å². The number of rotatable bonds is 5. The quantitative estimate of drug-likeness (QED) is 0.491. The molecule has 1 amide bonds. The van der Waals surface area contributed by atoms with Crippen LogP contribution in [0, 0.1) is 6.92 Å². The van der Waals surface area contributed by atoms with Gasteiger partial charge in [0.05, 0.1) is 21.7 Å². The Morgan fingerprint density at radius 1 is 1.23 bits per heavy atom. The summed E-state index contributed by atoms with van der Waals surface area (Å²) in [6.07, 6.45) is 7.32. The summed E-state index contributed by atoms with van der Waals surface area (Å²) in [5, 5.41) is 9.19. The number of hydrazone groups is 1. The minimum Gasteiger partial charge on any atom is -0.488 e. The van der Waals surface area contributed by atoms with Gasteiger partial charge in [0.2, 0.25) is 0 Å². The monoisotopic (exact) mass is 430 g/mol. The number of hydrogen-bond donors (Lipinski definition) is 1. The van der Waals surface area contributed by atoms with Gasteiger partial charge in [0.1, 0.15) is 18.1 Å². The van der Waals surface area contributed by atoms with Crippen molar-refractivity contribution in [2.75, 3.05) is 0 Å². The highest BCUT2D eigenvalue weighted by molar-refractivity contribution is 7.08. The third-order valence-corrected chi connectivity index (χ3v) is 5.92. The average molecular weight is 430 g/mol. The maximum absolute atomic E-state index is 12.6. The Balaban J connectivity index is 1.58. The number of nitrogens with one attached hydrogen (secondary N) is 1. The van der Waals surface area contributed by atoms with E-state index in [4.69, 9.17) is 4.74 Å². The van der Waals surface area contributed by atoms with E-state index in [0.29, 0.717) is 17.9 Å². The van der Waals surface area contributed by atoms with Crippen LogP contribution in [-0.2, 0) is 18.4 Å². The van der Waals surface area contributed by atoms with Crippen LogP contribution < -0.4 is 10.2 Å². The van der Waals surface area contributed by atoms with Gasteiger partial charge in [0.25, 0.3) is 5.91 Å². The summed E-state index contributed by atoms with van der Waals surface area (Å²) in [5.41, 5.74) is 7.25. The molecule has 8 nitrogen and oxygen atoms in total. The molecule has 0 spiro atoms. The molecule has 4 aromatic rings. The Kier molecular flexibility index (Phi) is 4.79. The highest BCUT2D eigenvalue weighted by Gasteiger charge is 2.27. The van der Waals surface area contributed by atoms with Crippen molar-refractivity contribution in [2.24, 2.45) is 12.1 Å². The number of ether oxygens (including phenoxy) is 1. The highest BCUT2D eigenvalue weighted by atomic mass is 32.1. The molecule has 0 saturated heterocycles. The topological polar surface area (TPSA) is 94.3 Å². The van der Waals surface area contributed by atoms with E-state index in [9.17, 15) is 4.79 Å². The van der Waals surface area contributed by atoms with E-state index in [1.165, 1.54) is 11.5 Å². The van der Waals surface area contributed by atoms with Gasteiger partial charge in [-0.15, -0.1) is 5.10 Å². The molecule has 0 fully saturated rings. The zero-order valence-corrected chi connectivity index (χ0v) is 17.7. The molecule has 154 valence electrons. The molecular formula is C22H18N6O2S. The van der Waals surface area contributed by atoms with Gasteiger partial charge >= 0.3 is 0 Å². The normalized spacial score (nSPS) is 14.8. The molecule has 5 rings (SSSR count). The number of carbonyl (C=O) groups is 1. The molecule has 4 heterocycles. The third-order valence-electron chi connectivity index (χ3n) is 5.08. The SMILES string of the molecule is Cc1nnsc1C1=NNC(=O)/C1=C\c1cn(C)c2cccc(OCc3ccncc3)c12. The first kappa shape index (κ1) is 19.1. The van der Waals surface area contributed by atoms with Crippen LogP contribution in [0.25, 0.3) is 17.0 Å². The summed E-state index contributed by atoms with van der Waals surface area (Å²) in [6, 6.07) is 9.77. The molecule has 9 heteroatoms. The van der Waals surface area contributed by atoms with Crippen LogP contribution in [0.5, 0.6) is 5.75 Å². The zero-order valence-electron chi connectivity index (χ0n) is 16.9. The number of benzene rings is 1. The van der Waals surface area contributed by atoms with Crippen molar-refractivity contribution in [3.05, 3.63) is 76.2 Å². The first-order valence-electron chi connectivity index (χ1n) is 9.61. The number of amides is 1. The summed E-state index contributed by atoms with van der Waals surface area (Å²) in [6.45, 7) is 2.27. The Labute approximate surface area is 182 Å². The minimum absolute atomic E-state index is 0.255. The van der Waals surface area contributed by atoms with Gasteiger partial charge in [-0.2, -0.15) is 5.10 Å². The molecule has 1 N–H and O–H groups in total. The van der Waals surface area contributed by atoms with Crippen molar-refractivity contribution in [3.8, 4) is 5.75 Å². The van der Waals surface area contributed by atoms with E-state index in [1.807, 2.05) is 61.1 Å². The second kappa shape index (κ2) is 7.77. The van der Waals surface area contributed by atoms with Gasteiger partial charge in [-0.25, -0.2) is 5.43 Å². The Morgan fingerprint density at radius 3 is 2.84 bits per heavy atom. The van der Waals surface area contributed by atoms with Crippen molar-refractivity contribution >= 4 is 40.1 Å². The summed E-state index contributed by atoms with van der Waals surface area (Å²) < 4.78 is 12.1. The lowest BCUT2D eigenvalue weighted by Gasteiger charge is -2.09. The van der Waals surface area contributed by atoms with Crippen molar-refractivity contribution in [1.82, 2.24) is 24.6 Å². The fraction of sp³-hybridized carbons (Fsp3) is 0.136. The number of nitrogens with zero attached hydrogens (tertiary/aromatic N) is 5. The van der Waals surface area contributed by atoms with Crippen LogP contribution in [0.2, 0.25) is 0 Å². The molecule has 1 aliphatic rings. The van der Waals surface area contributed by atoms with E-state index in [2.05, 4.69) is 25.1 Å². The average Bonchev–Trinajstić information content (AvgIpc) is 3.46. The van der Waals surface area contributed by atoms with Crippen molar-refractivity contribution in [1.29, 1.82) is 0 Å². The molecule has 0 radical (unpaired) electrons. The Hall–Kier alpha value is -3.85. The zero-order chi connectivity index (χ0) is 21.4. The second-order valence-corrected chi connectivity index (χ2v) is 7.89. The molecule has 1 aliphatic heterocycles. The number of hydrogen-bond acceptors (Lipinski definition) is 7. The molecule has 0 atom stereocenters. The largest absolute Gasteiger partial charge is 0.488 e. The number of aromatic nitrogens is 4. The first-order valence-corrected chi connectivity index (χ1v) is 10.4. The van der Waals surface area contributed by atoms with E-state index in [-0.39, 0.29) is 5.91 Å². The summed E-state index contributed by atoms with van der Waals surface area (Å²) in [4.78, 5) is 17.4. The minimum atomic E-state index is -0.255. The van der Waals surface area contributed by atoms with Gasteiger partial charge in [0.15, 0.2) is 0 Å². The number of pyridine rings is 1. The van der Waals surface area contributed by atoms with E-state index in [0.717, 1.165) is 38.4 Å². The Morgan fingerprint density at radius 2 is 2.06 bits per heavy atom. The predicted molar refractivity (Wildman–Crippen MR) is 119 cm³/mol. The lowest BCUT2D eigenvalue weighted by Crippen LogP contribution is -2.13. The molecule has 3 aromatic heterocycles. The first-order chi connectivity index (χ1) is 15.1. The molecule has 1 aromatic carbocycles. The molecule has 0 bridgehead atoms. The van der Waals surface area contributed by atoms with Crippen molar-refractivity contribution in [2.45, 2.75) is 13.5 Å². The maximum Gasteiger partial charge on any atom is 0.273 e. The summed E-state index contributed by atoms with van der Waals surface area (Å²) in [5.74, 6) is 0.490.